The number of hydrogen-bond donors (Lipinski definition) is 1. The SMILES string of the molecule is N#Cc1ccc(C(=O)N2CCC(CO)(c3ccccc3)C2)cn1. The largest absolute Gasteiger partial charge is 0.395 e. The van der Waals surface area contributed by atoms with E-state index in [9.17, 15) is 9.90 Å². The van der Waals surface area contributed by atoms with E-state index in [0.29, 0.717) is 18.7 Å². The fourth-order valence-corrected chi connectivity index (χ4v) is 3.06. The predicted molar refractivity (Wildman–Crippen MR) is 84.7 cm³/mol. The zero-order valence-electron chi connectivity index (χ0n) is 12.6. The highest BCUT2D eigenvalue weighted by Gasteiger charge is 2.41. The Morgan fingerprint density at radius 1 is 1.30 bits per heavy atom. The number of carbonyl (C=O) groups excluding carboxylic acids is 1. The van der Waals surface area contributed by atoms with Gasteiger partial charge >= 0.3 is 0 Å². The molecule has 1 saturated heterocycles. The van der Waals surface area contributed by atoms with Crippen LogP contribution in [0.3, 0.4) is 0 Å². The molecule has 1 fully saturated rings. The molecule has 2 aromatic rings. The average molecular weight is 307 g/mol. The fraction of sp³-hybridized carbons (Fsp3) is 0.278. The number of likely N-dealkylation sites (tertiary alicyclic amines) is 1. The molecule has 3 rings (SSSR count). The van der Waals surface area contributed by atoms with E-state index in [1.807, 2.05) is 36.4 Å². The maximum absolute atomic E-state index is 12.6. The lowest BCUT2D eigenvalue weighted by Gasteiger charge is -2.27. The van der Waals surface area contributed by atoms with Crippen LogP contribution in [0, 0.1) is 11.3 Å². The van der Waals surface area contributed by atoms with Crippen molar-refractivity contribution in [3.63, 3.8) is 0 Å². The van der Waals surface area contributed by atoms with Crippen molar-refractivity contribution in [2.24, 2.45) is 0 Å². The summed E-state index contributed by atoms with van der Waals surface area (Å²) in [5, 5.41) is 18.7. The molecule has 5 heteroatoms. The molecule has 0 spiro atoms. The second kappa shape index (κ2) is 6.19. The Bertz CT molecular complexity index is 737. The molecule has 2 heterocycles. The fourth-order valence-electron chi connectivity index (χ4n) is 3.06. The second-order valence-corrected chi connectivity index (χ2v) is 5.83. The van der Waals surface area contributed by atoms with Crippen molar-refractivity contribution < 1.29 is 9.90 Å². The number of benzene rings is 1. The first-order chi connectivity index (χ1) is 11.2. The van der Waals surface area contributed by atoms with Gasteiger partial charge in [0.05, 0.1) is 12.2 Å². The van der Waals surface area contributed by atoms with Crippen molar-refractivity contribution in [3.05, 3.63) is 65.5 Å². The minimum absolute atomic E-state index is 0.00636. The van der Waals surface area contributed by atoms with Gasteiger partial charge in [-0.1, -0.05) is 30.3 Å². The molecule has 0 radical (unpaired) electrons. The second-order valence-electron chi connectivity index (χ2n) is 5.83. The molecule has 1 unspecified atom stereocenters. The number of aromatic nitrogens is 1. The third-order valence-corrected chi connectivity index (χ3v) is 4.45. The third kappa shape index (κ3) is 2.81. The van der Waals surface area contributed by atoms with Crippen molar-refractivity contribution in [2.75, 3.05) is 19.7 Å². The van der Waals surface area contributed by atoms with E-state index in [4.69, 9.17) is 5.26 Å². The number of nitriles is 1. The van der Waals surface area contributed by atoms with E-state index < -0.39 is 5.41 Å². The Morgan fingerprint density at radius 2 is 2.09 bits per heavy atom. The molecule has 1 amide bonds. The van der Waals surface area contributed by atoms with Gasteiger partial charge in [-0.15, -0.1) is 0 Å². The number of hydrogen-bond acceptors (Lipinski definition) is 4. The molecule has 1 aromatic carbocycles. The topological polar surface area (TPSA) is 77.2 Å². The average Bonchev–Trinajstić information content (AvgIpc) is 3.08. The molecule has 0 saturated carbocycles. The molecule has 0 aliphatic carbocycles. The van der Waals surface area contributed by atoms with E-state index in [1.165, 1.54) is 6.20 Å². The minimum Gasteiger partial charge on any atom is -0.395 e. The standard InChI is InChI=1S/C18H17N3O2/c19-10-16-7-6-14(11-20-16)17(23)21-9-8-18(12-21,13-22)15-4-2-1-3-5-15/h1-7,11,22H,8-9,12-13H2. The van der Waals surface area contributed by atoms with Gasteiger partial charge in [0.15, 0.2) is 0 Å². The van der Waals surface area contributed by atoms with Gasteiger partial charge < -0.3 is 10.0 Å². The van der Waals surface area contributed by atoms with Gasteiger partial charge in [-0.05, 0) is 24.1 Å². The van der Waals surface area contributed by atoms with E-state index in [2.05, 4.69) is 4.98 Å². The van der Waals surface area contributed by atoms with Gasteiger partial charge in [-0.3, -0.25) is 4.79 Å². The maximum Gasteiger partial charge on any atom is 0.255 e. The van der Waals surface area contributed by atoms with Gasteiger partial charge in [0.1, 0.15) is 11.8 Å². The molecule has 116 valence electrons. The van der Waals surface area contributed by atoms with Crippen LogP contribution < -0.4 is 0 Å². The monoisotopic (exact) mass is 307 g/mol. The van der Waals surface area contributed by atoms with E-state index in [-0.39, 0.29) is 18.2 Å². The van der Waals surface area contributed by atoms with Crippen molar-refractivity contribution in [3.8, 4) is 6.07 Å². The summed E-state index contributed by atoms with van der Waals surface area (Å²) in [5.41, 5.74) is 1.40. The molecule has 1 aromatic heterocycles. The molecule has 1 N–H and O–H groups in total. The molecule has 1 aliphatic heterocycles. The Labute approximate surface area is 134 Å². The zero-order chi connectivity index (χ0) is 16.3. The molecule has 1 atom stereocenters. The number of amides is 1. The van der Waals surface area contributed by atoms with Crippen molar-refractivity contribution >= 4 is 5.91 Å². The molecule has 23 heavy (non-hydrogen) atoms. The van der Waals surface area contributed by atoms with Crippen LogP contribution in [-0.2, 0) is 5.41 Å². The van der Waals surface area contributed by atoms with Crippen LogP contribution in [0.25, 0.3) is 0 Å². The lowest BCUT2D eigenvalue weighted by Crippen LogP contribution is -2.37. The highest BCUT2D eigenvalue weighted by molar-refractivity contribution is 5.94. The van der Waals surface area contributed by atoms with Gasteiger partial charge in [-0.25, -0.2) is 4.98 Å². The third-order valence-electron chi connectivity index (χ3n) is 4.45. The summed E-state index contributed by atoms with van der Waals surface area (Å²) in [7, 11) is 0. The summed E-state index contributed by atoms with van der Waals surface area (Å²) in [6, 6.07) is 14.9. The number of rotatable bonds is 3. The van der Waals surface area contributed by atoms with Gasteiger partial charge in [0.25, 0.3) is 5.91 Å². The maximum atomic E-state index is 12.6. The van der Waals surface area contributed by atoms with Crippen LogP contribution in [0.15, 0.2) is 48.7 Å². The summed E-state index contributed by atoms with van der Waals surface area (Å²) >= 11 is 0. The highest BCUT2D eigenvalue weighted by Crippen LogP contribution is 2.34. The Morgan fingerprint density at radius 3 is 2.70 bits per heavy atom. The van der Waals surface area contributed by atoms with Crippen molar-refractivity contribution in [2.45, 2.75) is 11.8 Å². The first-order valence-corrected chi connectivity index (χ1v) is 7.50. The normalized spacial score (nSPS) is 20.3. The number of carbonyl (C=O) groups is 1. The minimum atomic E-state index is -0.406. The number of nitrogens with zero attached hydrogens (tertiary/aromatic N) is 3. The zero-order valence-corrected chi connectivity index (χ0v) is 12.6. The van der Waals surface area contributed by atoms with Gasteiger partial charge in [0.2, 0.25) is 0 Å². The van der Waals surface area contributed by atoms with Gasteiger partial charge in [-0.2, -0.15) is 5.26 Å². The summed E-state index contributed by atoms with van der Waals surface area (Å²) < 4.78 is 0. The summed E-state index contributed by atoms with van der Waals surface area (Å²) in [6.07, 6.45) is 2.16. The van der Waals surface area contributed by atoms with Crippen LogP contribution in [0.2, 0.25) is 0 Å². The number of aliphatic hydroxyl groups excluding tert-OH is 1. The highest BCUT2D eigenvalue weighted by atomic mass is 16.3. The lowest BCUT2D eigenvalue weighted by molar-refractivity contribution is 0.0773. The number of aliphatic hydroxyl groups is 1. The van der Waals surface area contributed by atoms with Crippen LogP contribution in [-0.4, -0.2) is 40.6 Å². The summed E-state index contributed by atoms with van der Waals surface area (Å²) in [6.45, 7) is 1.08. The Hall–Kier alpha value is -2.71. The molecule has 5 nitrogen and oxygen atoms in total. The molecular formula is C18H17N3O2. The van der Waals surface area contributed by atoms with E-state index >= 15 is 0 Å². The van der Waals surface area contributed by atoms with Crippen LogP contribution in [0.4, 0.5) is 0 Å². The Balaban J connectivity index is 1.80. The molecule has 0 bridgehead atoms. The van der Waals surface area contributed by atoms with Crippen molar-refractivity contribution in [1.29, 1.82) is 5.26 Å². The van der Waals surface area contributed by atoms with E-state index in [0.717, 1.165) is 12.0 Å². The smallest absolute Gasteiger partial charge is 0.255 e. The molecule has 1 aliphatic rings. The molecular weight excluding hydrogens is 290 g/mol. The van der Waals surface area contributed by atoms with E-state index in [1.54, 1.807) is 17.0 Å². The first kappa shape index (κ1) is 15.2. The van der Waals surface area contributed by atoms with Crippen LogP contribution in [0.1, 0.15) is 28.0 Å². The summed E-state index contributed by atoms with van der Waals surface area (Å²) in [4.78, 5) is 18.3. The number of pyridine rings is 1. The van der Waals surface area contributed by atoms with Crippen LogP contribution >= 0.6 is 0 Å². The first-order valence-electron chi connectivity index (χ1n) is 7.50. The quantitative estimate of drug-likeness (QED) is 0.937. The summed E-state index contributed by atoms with van der Waals surface area (Å²) in [5.74, 6) is -0.117. The predicted octanol–water partition coefficient (Wildman–Crippen LogP) is 1.73. The van der Waals surface area contributed by atoms with Gasteiger partial charge in [0, 0.05) is 24.7 Å². The lowest BCUT2D eigenvalue weighted by atomic mass is 9.80. The Kier molecular flexibility index (Phi) is 4.09. The van der Waals surface area contributed by atoms with Crippen molar-refractivity contribution in [1.82, 2.24) is 9.88 Å². The van der Waals surface area contributed by atoms with Crippen LogP contribution in [0.5, 0.6) is 0 Å².